The van der Waals surface area contributed by atoms with Crippen LogP contribution in [-0.2, 0) is 0 Å². The summed E-state index contributed by atoms with van der Waals surface area (Å²) in [5.74, 6) is 0. The van der Waals surface area contributed by atoms with Gasteiger partial charge in [0.15, 0.2) is 0 Å². The van der Waals surface area contributed by atoms with Gasteiger partial charge < -0.3 is 9.62 Å². The number of nitrogens with zero attached hydrogens (tertiary/aromatic N) is 2. The maximum atomic E-state index is 2.00. The number of rotatable bonds is 2. The van der Waals surface area contributed by atoms with E-state index in [9.17, 15) is 0 Å². The minimum absolute atomic E-state index is 0. The van der Waals surface area contributed by atoms with Gasteiger partial charge in [-0.15, -0.1) is 0 Å². The third kappa shape index (κ3) is 18.0. The molecular formula is C6H20BN2. The molecule has 57 valence electrons. The molecule has 1 radical (unpaired) electrons. The first kappa shape index (κ1) is 16.0. The van der Waals surface area contributed by atoms with Gasteiger partial charge in [0.05, 0.1) is 0 Å². The van der Waals surface area contributed by atoms with Crippen LogP contribution in [0.3, 0.4) is 0 Å². The first-order chi connectivity index (χ1) is 3.13. The van der Waals surface area contributed by atoms with E-state index in [2.05, 4.69) is 0 Å². The van der Waals surface area contributed by atoms with Crippen LogP contribution in [0.2, 0.25) is 0 Å². The maximum absolute atomic E-state index is 2.00. The number of hydrogen-bond acceptors (Lipinski definition) is 2. The highest BCUT2D eigenvalue weighted by Crippen LogP contribution is 1.70. The van der Waals surface area contributed by atoms with Crippen LogP contribution in [0.4, 0.5) is 0 Å². The van der Waals surface area contributed by atoms with Crippen LogP contribution in [0.15, 0.2) is 0 Å². The van der Waals surface area contributed by atoms with Crippen molar-refractivity contribution < 1.29 is 0 Å². The molecule has 0 unspecified atom stereocenters. The first-order valence-corrected chi connectivity index (χ1v) is 2.31. The predicted octanol–water partition coefficient (Wildman–Crippen LogP) is 0.916. The molecule has 0 saturated heterocycles. The van der Waals surface area contributed by atoms with Crippen molar-refractivity contribution in [1.82, 2.24) is 9.62 Å². The van der Waals surface area contributed by atoms with Crippen LogP contribution >= 0.6 is 0 Å². The molecule has 0 N–H and O–H groups in total. The lowest BCUT2D eigenvalue weighted by molar-refractivity contribution is 0.549. The largest absolute Gasteiger partial charge is 0.337 e. The molecule has 0 aliphatic rings. The predicted molar refractivity (Wildman–Crippen MR) is 46.6 cm³/mol. The summed E-state index contributed by atoms with van der Waals surface area (Å²) in [5.41, 5.74) is 0. The van der Waals surface area contributed by atoms with E-state index >= 15 is 0 Å². The Morgan fingerprint density at radius 1 is 0.778 bits per heavy atom. The van der Waals surface area contributed by atoms with E-state index in [4.69, 9.17) is 0 Å². The average molecular weight is 131 g/mol. The fourth-order valence-electron chi connectivity index (χ4n) is 0.462. The molecule has 0 heterocycles. The van der Waals surface area contributed by atoms with Crippen LogP contribution in [0, 0.1) is 0 Å². The summed E-state index contributed by atoms with van der Waals surface area (Å²) in [6.07, 6.45) is 0. The van der Waals surface area contributed by atoms with Crippen LogP contribution < -0.4 is 0 Å². The Bertz CT molecular complexity index is 40.3. The van der Waals surface area contributed by atoms with Gasteiger partial charge in [-0.05, 0) is 28.2 Å². The summed E-state index contributed by atoms with van der Waals surface area (Å²) in [5, 5.41) is 0. The third-order valence-electron chi connectivity index (χ3n) is 0.462. The summed E-state index contributed by atoms with van der Waals surface area (Å²) in [6, 6.07) is 0. The van der Waals surface area contributed by atoms with Crippen molar-refractivity contribution in [2.75, 3.05) is 28.2 Å². The molecule has 0 aliphatic carbocycles. The van der Waals surface area contributed by atoms with Crippen molar-refractivity contribution in [3.05, 3.63) is 0 Å². The van der Waals surface area contributed by atoms with Crippen molar-refractivity contribution in [1.29, 1.82) is 0 Å². The zero-order valence-corrected chi connectivity index (χ0v) is 5.47. The van der Waals surface area contributed by atoms with Crippen LogP contribution in [0.25, 0.3) is 0 Å². The van der Waals surface area contributed by atoms with Gasteiger partial charge in [0.25, 0.3) is 0 Å². The molecule has 3 heteroatoms. The molecule has 0 amide bonds. The molecule has 0 aromatic rings. The van der Waals surface area contributed by atoms with Crippen molar-refractivity contribution in [3.8, 4) is 0 Å². The second kappa shape index (κ2) is 7.98. The minimum atomic E-state index is 0. The van der Waals surface area contributed by atoms with Crippen molar-refractivity contribution in [2.45, 2.75) is 14.9 Å². The lowest BCUT2D eigenvalue weighted by atomic mass is 10.1. The zero-order valence-electron chi connectivity index (χ0n) is 5.47. The SMILES string of the molecule is C.C.CN(C)[B]N(C)C. The summed E-state index contributed by atoms with van der Waals surface area (Å²) in [7, 11) is 10.0. The van der Waals surface area contributed by atoms with Gasteiger partial charge in [0.1, 0.15) is 0 Å². The molecule has 2 nitrogen and oxygen atoms in total. The fourth-order valence-corrected chi connectivity index (χ4v) is 0.462. The molecule has 9 heavy (non-hydrogen) atoms. The normalized spacial score (nSPS) is 8.22. The molecular weight excluding hydrogens is 111 g/mol. The highest BCUT2D eigenvalue weighted by atomic mass is 15.1. The lowest BCUT2D eigenvalue weighted by Gasteiger charge is -2.12. The lowest BCUT2D eigenvalue weighted by Crippen LogP contribution is -2.31. The van der Waals surface area contributed by atoms with E-state index in [0.717, 1.165) is 0 Å². The second-order valence-electron chi connectivity index (χ2n) is 2.04. The molecule has 0 aromatic carbocycles. The van der Waals surface area contributed by atoms with Gasteiger partial charge in [0, 0.05) is 0 Å². The van der Waals surface area contributed by atoms with E-state index in [0.29, 0.717) is 0 Å². The Balaban J connectivity index is -0.000000180. The monoisotopic (exact) mass is 131 g/mol. The van der Waals surface area contributed by atoms with E-state index in [1.807, 2.05) is 45.4 Å². The topological polar surface area (TPSA) is 6.48 Å². The highest BCUT2D eigenvalue weighted by Gasteiger charge is 1.93. The quantitative estimate of drug-likeness (QED) is 0.514. The van der Waals surface area contributed by atoms with Crippen LogP contribution in [0.5, 0.6) is 0 Å². The van der Waals surface area contributed by atoms with Gasteiger partial charge in [0.2, 0.25) is 0 Å². The van der Waals surface area contributed by atoms with Crippen molar-refractivity contribution in [2.24, 2.45) is 0 Å². The smallest absolute Gasteiger partial charge is 0.312 e. The first-order valence-electron chi connectivity index (χ1n) is 2.31. The number of hydrogen-bond donors (Lipinski definition) is 0. The Labute approximate surface area is 61.1 Å². The Hall–Kier alpha value is -0.0151. The van der Waals surface area contributed by atoms with Gasteiger partial charge in [-0.25, -0.2) is 0 Å². The highest BCUT2D eigenvalue weighted by molar-refractivity contribution is 6.27. The van der Waals surface area contributed by atoms with Gasteiger partial charge in [-0.3, -0.25) is 0 Å². The zero-order chi connectivity index (χ0) is 5.86. The molecule has 0 rings (SSSR count). The summed E-state index contributed by atoms with van der Waals surface area (Å²) < 4.78 is 0. The average Bonchev–Trinajstić information content (AvgIpc) is 1.27. The maximum Gasteiger partial charge on any atom is 0.312 e. The second-order valence-corrected chi connectivity index (χ2v) is 2.04. The fraction of sp³-hybridized carbons (Fsp3) is 1.00. The molecule has 0 saturated carbocycles. The Morgan fingerprint density at radius 3 is 1.00 bits per heavy atom. The molecule has 0 fully saturated rings. The van der Waals surface area contributed by atoms with E-state index in [1.54, 1.807) is 0 Å². The molecule has 0 spiro atoms. The standard InChI is InChI=1S/C4H12BN2.2CH4/c1-6(2)5-7(3)4;;/h1-4H3;2*1H4. The van der Waals surface area contributed by atoms with Crippen LogP contribution in [-0.4, -0.2) is 45.4 Å². The molecule has 0 aromatic heterocycles. The van der Waals surface area contributed by atoms with Gasteiger partial charge >= 0.3 is 7.55 Å². The van der Waals surface area contributed by atoms with Crippen molar-refractivity contribution >= 4 is 7.55 Å². The van der Waals surface area contributed by atoms with Crippen LogP contribution in [0.1, 0.15) is 14.9 Å². The summed E-state index contributed by atoms with van der Waals surface area (Å²) in [4.78, 5) is 4.00. The third-order valence-corrected chi connectivity index (χ3v) is 0.462. The Morgan fingerprint density at radius 2 is 1.00 bits per heavy atom. The van der Waals surface area contributed by atoms with Crippen molar-refractivity contribution in [3.63, 3.8) is 0 Å². The van der Waals surface area contributed by atoms with E-state index in [1.165, 1.54) is 0 Å². The summed E-state index contributed by atoms with van der Waals surface area (Å²) >= 11 is 0. The molecule has 0 aliphatic heterocycles. The molecule has 0 atom stereocenters. The molecule has 0 bridgehead atoms. The summed E-state index contributed by atoms with van der Waals surface area (Å²) in [6.45, 7) is 0. The van der Waals surface area contributed by atoms with Gasteiger partial charge in [-0.1, -0.05) is 14.9 Å². The van der Waals surface area contributed by atoms with Gasteiger partial charge in [-0.2, -0.15) is 0 Å². The minimum Gasteiger partial charge on any atom is -0.337 e. The van der Waals surface area contributed by atoms with E-state index < -0.39 is 0 Å². The Kier molecular flexibility index (Phi) is 14.2. The van der Waals surface area contributed by atoms with E-state index in [-0.39, 0.29) is 14.9 Å².